The number of nitrogens with zero attached hydrogens (tertiary/aromatic N) is 1. The van der Waals surface area contributed by atoms with E-state index in [-0.39, 0.29) is 17.2 Å². The van der Waals surface area contributed by atoms with Crippen molar-refractivity contribution in [2.45, 2.75) is 50.4 Å². The number of nitrogens with one attached hydrogen (secondary N) is 3. The fourth-order valence-corrected chi connectivity index (χ4v) is 3.80. The lowest BCUT2D eigenvalue weighted by Crippen LogP contribution is -2.47. The number of aromatic amines is 1. The van der Waals surface area contributed by atoms with Crippen molar-refractivity contribution < 1.29 is 13.2 Å². The Hall–Kier alpha value is -0.960. The summed E-state index contributed by atoms with van der Waals surface area (Å²) in [5, 5.41) is 9.70. The number of hydrogen-bond donors (Lipinski definition) is 3. The van der Waals surface area contributed by atoms with Crippen molar-refractivity contribution in [1.29, 1.82) is 0 Å². The van der Waals surface area contributed by atoms with Gasteiger partial charge in [-0.1, -0.05) is 0 Å². The topological polar surface area (TPSA) is 96.1 Å². The summed E-state index contributed by atoms with van der Waals surface area (Å²) in [4.78, 5) is 0. The molecular formula is C12H22N4O3S. The predicted molar refractivity (Wildman–Crippen MR) is 74.8 cm³/mol. The maximum Gasteiger partial charge on any atom is 0.260 e. The van der Waals surface area contributed by atoms with Gasteiger partial charge in [0, 0.05) is 30.5 Å². The Kier molecular flexibility index (Phi) is 4.79. The fourth-order valence-electron chi connectivity index (χ4n) is 2.35. The van der Waals surface area contributed by atoms with Crippen LogP contribution >= 0.6 is 0 Å². The zero-order chi connectivity index (χ0) is 14.8. The smallest absolute Gasteiger partial charge is 0.260 e. The molecule has 8 heteroatoms. The average Bonchev–Trinajstić information content (AvgIpc) is 2.70. The molecule has 0 aromatic carbocycles. The second-order valence-electron chi connectivity index (χ2n) is 5.03. The third kappa shape index (κ3) is 3.20. The highest BCUT2D eigenvalue weighted by atomic mass is 32.2. The van der Waals surface area contributed by atoms with Crippen molar-refractivity contribution in [1.82, 2.24) is 20.2 Å². The standard InChI is InChI=1S/C12H22N4O3S/c1-4-19-10-5-9(6-10)16-20(17,18)12-11(7-13-3)8(2)14-15-12/h9-10,13,16H,4-7H2,1-3H3,(H,14,15). The molecule has 0 amide bonds. The molecule has 1 aromatic rings. The number of aryl methyl sites for hydroxylation is 1. The molecule has 1 aliphatic rings. The molecule has 1 aromatic heterocycles. The van der Waals surface area contributed by atoms with Crippen molar-refractivity contribution in [3.8, 4) is 0 Å². The molecule has 1 heterocycles. The summed E-state index contributed by atoms with van der Waals surface area (Å²) in [6.45, 7) is 4.88. The van der Waals surface area contributed by atoms with E-state index in [1.807, 2.05) is 13.8 Å². The molecule has 1 fully saturated rings. The number of rotatable bonds is 7. The molecule has 0 spiro atoms. The molecule has 0 radical (unpaired) electrons. The SMILES string of the molecule is CCOC1CC(NS(=O)(=O)c2n[nH]c(C)c2CNC)C1. The first-order valence-corrected chi connectivity index (χ1v) is 8.28. The van der Waals surface area contributed by atoms with Crippen LogP contribution in [0.4, 0.5) is 0 Å². The maximum atomic E-state index is 12.3. The third-order valence-corrected chi connectivity index (χ3v) is 4.95. The minimum atomic E-state index is -3.58. The molecule has 7 nitrogen and oxygen atoms in total. The number of hydrogen-bond acceptors (Lipinski definition) is 5. The van der Waals surface area contributed by atoms with Crippen molar-refractivity contribution in [3.63, 3.8) is 0 Å². The highest BCUT2D eigenvalue weighted by Crippen LogP contribution is 2.25. The Bertz CT molecular complexity index is 549. The van der Waals surface area contributed by atoms with E-state index in [0.717, 1.165) is 18.5 Å². The Morgan fingerprint density at radius 3 is 2.75 bits per heavy atom. The third-order valence-electron chi connectivity index (χ3n) is 3.46. The first kappa shape index (κ1) is 15.4. The molecule has 0 aliphatic heterocycles. The molecule has 0 saturated heterocycles. The predicted octanol–water partition coefficient (Wildman–Crippen LogP) is 0.283. The first-order chi connectivity index (χ1) is 9.47. The quantitative estimate of drug-likeness (QED) is 0.672. The van der Waals surface area contributed by atoms with Crippen molar-refractivity contribution in [2.24, 2.45) is 0 Å². The zero-order valence-corrected chi connectivity index (χ0v) is 12.9. The van der Waals surface area contributed by atoms with Crippen LogP contribution in [0.25, 0.3) is 0 Å². The van der Waals surface area contributed by atoms with Crippen LogP contribution < -0.4 is 10.0 Å². The molecule has 0 atom stereocenters. The van der Waals surface area contributed by atoms with E-state index in [2.05, 4.69) is 20.2 Å². The van der Waals surface area contributed by atoms with E-state index in [0.29, 0.717) is 18.7 Å². The maximum absolute atomic E-state index is 12.3. The monoisotopic (exact) mass is 302 g/mol. The summed E-state index contributed by atoms with van der Waals surface area (Å²) < 4.78 is 32.8. The van der Waals surface area contributed by atoms with Crippen LogP contribution in [0.15, 0.2) is 5.03 Å². The van der Waals surface area contributed by atoms with Gasteiger partial charge in [0.25, 0.3) is 10.0 Å². The van der Waals surface area contributed by atoms with Gasteiger partial charge < -0.3 is 10.1 Å². The van der Waals surface area contributed by atoms with Crippen molar-refractivity contribution in [3.05, 3.63) is 11.3 Å². The summed E-state index contributed by atoms with van der Waals surface area (Å²) in [5.74, 6) is 0. The highest BCUT2D eigenvalue weighted by molar-refractivity contribution is 7.89. The molecule has 1 saturated carbocycles. The summed E-state index contributed by atoms with van der Waals surface area (Å²) in [5.41, 5.74) is 1.45. The molecule has 3 N–H and O–H groups in total. The molecule has 1 aliphatic carbocycles. The van der Waals surface area contributed by atoms with Crippen LogP contribution in [0, 0.1) is 6.92 Å². The summed E-state index contributed by atoms with van der Waals surface area (Å²) in [7, 11) is -1.81. The highest BCUT2D eigenvalue weighted by Gasteiger charge is 2.34. The van der Waals surface area contributed by atoms with Gasteiger partial charge >= 0.3 is 0 Å². The van der Waals surface area contributed by atoms with Gasteiger partial charge in [-0.05, 0) is 33.7 Å². The minimum absolute atomic E-state index is 0.0593. The average molecular weight is 302 g/mol. The van der Waals surface area contributed by atoms with Crippen molar-refractivity contribution in [2.75, 3.05) is 13.7 Å². The number of sulfonamides is 1. The van der Waals surface area contributed by atoms with E-state index in [1.165, 1.54) is 0 Å². The number of aromatic nitrogens is 2. The summed E-state index contributed by atoms with van der Waals surface area (Å²) in [6.07, 6.45) is 1.61. The second kappa shape index (κ2) is 6.21. The number of H-pyrrole nitrogens is 1. The molecule has 0 unspecified atom stereocenters. The van der Waals surface area contributed by atoms with Gasteiger partial charge in [-0.2, -0.15) is 5.10 Å². The molecule has 0 bridgehead atoms. The van der Waals surface area contributed by atoms with Crippen LogP contribution in [0.1, 0.15) is 31.0 Å². The summed E-state index contributed by atoms with van der Waals surface area (Å²) >= 11 is 0. The Balaban J connectivity index is 2.04. The van der Waals surface area contributed by atoms with Gasteiger partial charge in [0.15, 0.2) is 5.03 Å². The van der Waals surface area contributed by atoms with Crippen LogP contribution in [-0.4, -0.2) is 44.4 Å². The van der Waals surface area contributed by atoms with E-state index in [9.17, 15) is 8.42 Å². The lowest BCUT2D eigenvalue weighted by atomic mass is 9.90. The van der Waals surface area contributed by atoms with Crippen LogP contribution in [0.5, 0.6) is 0 Å². The van der Waals surface area contributed by atoms with E-state index in [1.54, 1.807) is 7.05 Å². The van der Waals surface area contributed by atoms with Gasteiger partial charge in [-0.15, -0.1) is 0 Å². The van der Waals surface area contributed by atoms with Crippen molar-refractivity contribution >= 4 is 10.0 Å². The normalized spacial score (nSPS) is 22.8. The largest absolute Gasteiger partial charge is 0.378 e. The molecule has 20 heavy (non-hydrogen) atoms. The van der Waals surface area contributed by atoms with Gasteiger partial charge in [-0.3, -0.25) is 5.10 Å². The lowest BCUT2D eigenvalue weighted by Gasteiger charge is -2.34. The van der Waals surface area contributed by atoms with E-state index < -0.39 is 10.0 Å². The molecular weight excluding hydrogens is 280 g/mol. The lowest BCUT2D eigenvalue weighted by molar-refractivity contribution is -0.00477. The van der Waals surface area contributed by atoms with E-state index >= 15 is 0 Å². The Labute approximate surface area is 119 Å². The Morgan fingerprint density at radius 1 is 1.45 bits per heavy atom. The van der Waals surface area contributed by atoms with Gasteiger partial charge in [0.1, 0.15) is 0 Å². The van der Waals surface area contributed by atoms with Crippen LogP contribution in [0.3, 0.4) is 0 Å². The zero-order valence-electron chi connectivity index (χ0n) is 12.1. The summed E-state index contributed by atoms with van der Waals surface area (Å²) in [6, 6.07) is -0.0593. The van der Waals surface area contributed by atoms with Gasteiger partial charge in [0.05, 0.1) is 6.10 Å². The van der Waals surface area contributed by atoms with Crippen LogP contribution in [-0.2, 0) is 21.3 Å². The Morgan fingerprint density at radius 2 is 2.15 bits per heavy atom. The first-order valence-electron chi connectivity index (χ1n) is 6.80. The van der Waals surface area contributed by atoms with Gasteiger partial charge in [-0.25, -0.2) is 13.1 Å². The molecule has 2 rings (SSSR count). The second-order valence-corrected chi connectivity index (χ2v) is 6.66. The minimum Gasteiger partial charge on any atom is -0.378 e. The fraction of sp³-hybridized carbons (Fsp3) is 0.750. The number of ether oxygens (including phenoxy) is 1. The van der Waals surface area contributed by atoms with Gasteiger partial charge in [0.2, 0.25) is 0 Å². The molecule has 114 valence electrons. The van der Waals surface area contributed by atoms with Crippen LogP contribution in [0.2, 0.25) is 0 Å². The van der Waals surface area contributed by atoms with E-state index in [4.69, 9.17) is 4.74 Å².